The molecule has 0 spiro atoms. The molecule has 3 heteroatoms. The first-order valence-corrected chi connectivity index (χ1v) is 7.75. The Bertz CT molecular complexity index is 200. The van der Waals surface area contributed by atoms with Gasteiger partial charge in [0, 0.05) is 12.1 Å². The van der Waals surface area contributed by atoms with Crippen LogP contribution in [0.2, 0.25) is 0 Å². The Morgan fingerprint density at radius 3 is 2.56 bits per heavy atom. The van der Waals surface area contributed by atoms with Crippen LogP contribution in [0.5, 0.6) is 0 Å². The van der Waals surface area contributed by atoms with Crippen LogP contribution >= 0.6 is 0 Å². The predicted octanol–water partition coefficient (Wildman–Crippen LogP) is 2.18. The summed E-state index contributed by atoms with van der Waals surface area (Å²) in [6.45, 7) is 9.54. The fourth-order valence-corrected chi connectivity index (χ4v) is 2.97. The molecule has 108 valence electrons. The van der Waals surface area contributed by atoms with E-state index in [1.165, 1.54) is 58.3 Å². The predicted molar refractivity (Wildman–Crippen MR) is 80.1 cm³/mol. The van der Waals surface area contributed by atoms with Crippen LogP contribution in [0, 0.1) is 0 Å². The molecule has 0 saturated carbocycles. The fraction of sp³-hybridized carbons (Fsp3) is 1.00. The highest BCUT2D eigenvalue weighted by Crippen LogP contribution is 2.15. The van der Waals surface area contributed by atoms with Gasteiger partial charge in [0.05, 0.1) is 0 Å². The van der Waals surface area contributed by atoms with E-state index in [0.717, 1.165) is 6.04 Å². The maximum absolute atomic E-state index is 3.67. The average molecular weight is 255 g/mol. The lowest BCUT2D eigenvalue weighted by Crippen LogP contribution is -2.42. The van der Waals surface area contributed by atoms with E-state index >= 15 is 0 Å². The Morgan fingerprint density at radius 2 is 2.00 bits per heavy atom. The quantitative estimate of drug-likeness (QED) is 0.717. The summed E-state index contributed by atoms with van der Waals surface area (Å²) >= 11 is 0. The van der Waals surface area contributed by atoms with Crippen LogP contribution in [0.15, 0.2) is 0 Å². The summed E-state index contributed by atoms with van der Waals surface area (Å²) < 4.78 is 0. The summed E-state index contributed by atoms with van der Waals surface area (Å²) in [6, 6.07) is 1.48. The molecule has 1 heterocycles. The summed E-state index contributed by atoms with van der Waals surface area (Å²) in [5, 5.41) is 3.67. The molecule has 1 rings (SSSR count). The second-order valence-corrected chi connectivity index (χ2v) is 6.02. The number of nitrogens with one attached hydrogen (secondary N) is 1. The summed E-state index contributed by atoms with van der Waals surface area (Å²) in [5.41, 5.74) is 0. The first-order valence-electron chi connectivity index (χ1n) is 7.75. The lowest BCUT2D eigenvalue weighted by molar-refractivity contribution is 0.180. The maximum Gasteiger partial charge on any atom is 0.00818 e. The highest BCUT2D eigenvalue weighted by molar-refractivity contribution is 4.78. The lowest BCUT2D eigenvalue weighted by atomic mass is 9.98. The van der Waals surface area contributed by atoms with Gasteiger partial charge in [-0.15, -0.1) is 0 Å². The minimum Gasteiger partial charge on any atom is -0.314 e. The highest BCUT2D eigenvalue weighted by Gasteiger charge is 2.19. The normalized spacial score (nSPS) is 22.7. The zero-order valence-electron chi connectivity index (χ0n) is 12.9. The second-order valence-electron chi connectivity index (χ2n) is 6.02. The molecule has 0 radical (unpaired) electrons. The third-order valence-electron chi connectivity index (χ3n) is 4.12. The van der Waals surface area contributed by atoms with Gasteiger partial charge < -0.3 is 15.1 Å². The minimum absolute atomic E-state index is 0.716. The van der Waals surface area contributed by atoms with Gasteiger partial charge in [-0.05, 0) is 72.9 Å². The van der Waals surface area contributed by atoms with Crippen molar-refractivity contribution in [1.82, 2.24) is 15.1 Å². The third kappa shape index (κ3) is 6.17. The lowest BCUT2D eigenvalue weighted by Gasteiger charge is -2.33. The Kier molecular flexibility index (Phi) is 7.87. The number of piperidine rings is 1. The van der Waals surface area contributed by atoms with Crippen molar-refractivity contribution in [2.24, 2.45) is 0 Å². The van der Waals surface area contributed by atoms with E-state index in [-0.39, 0.29) is 0 Å². The van der Waals surface area contributed by atoms with Crippen molar-refractivity contribution >= 4 is 0 Å². The largest absolute Gasteiger partial charge is 0.314 e. The number of nitrogens with zero attached hydrogens (tertiary/aromatic N) is 2. The molecule has 1 aliphatic heterocycles. The van der Waals surface area contributed by atoms with E-state index in [4.69, 9.17) is 0 Å². The zero-order valence-corrected chi connectivity index (χ0v) is 12.9. The van der Waals surface area contributed by atoms with E-state index < -0.39 is 0 Å². The van der Waals surface area contributed by atoms with Crippen LogP contribution < -0.4 is 5.32 Å². The summed E-state index contributed by atoms with van der Waals surface area (Å²) in [6.07, 6.45) is 6.75. The third-order valence-corrected chi connectivity index (χ3v) is 4.12. The standard InChI is InChI=1S/C15H33N3/c1-5-18(12-8-11-17(3)4)14(2)13-15-9-6-7-10-16-15/h14-16H,5-13H2,1-4H3. The van der Waals surface area contributed by atoms with Crippen LogP contribution in [0.4, 0.5) is 0 Å². The van der Waals surface area contributed by atoms with Gasteiger partial charge in [0.25, 0.3) is 0 Å². The molecule has 1 N–H and O–H groups in total. The van der Waals surface area contributed by atoms with E-state index in [9.17, 15) is 0 Å². The topological polar surface area (TPSA) is 18.5 Å². The number of hydrogen-bond acceptors (Lipinski definition) is 3. The molecule has 0 aliphatic carbocycles. The molecule has 3 nitrogen and oxygen atoms in total. The van der Waals surface area contributed by atoms with Crippen molar-refractivity contribution in [2.75, 3.05) is 40.3 Å². The van der Waals surface area contributed by atoms with Crippen LogP contribution in [-0.2, 0) is 0 Å². The Hall–Kier alpha value is -0.120. The van der Waals surface area contributed by atoms with Crippen molar-refractivity contribution < 1.29 is 0 Å². The van der Waals surface area contributed by atoms with Crippen LogP contribution in [0.3, 0.4) is 0 Å². The molecular weight excluding hydrogens is 222 g/mol. The molecule has 1 aliphatic rings. The van der Waals surface area contributed by atoms with E-state index in [2.05, 4.69) is 43.1 Å². The molecule has 1 saturated heterocycles. The van der Waals surface area contributed by atoms with Gasteiger partial charge >= 0.3 is 0 Å². The van der Waals surface area contributed by atoms with E-state index in [1.807, 2.05) is 0 Å². The van der Waals surface area contributed by atoms with Gasteiger partial charge in [0.1, 0.15) is 0 Å². The molecule has 18 heavy (non-hydrogen) atoms. The molecule has 0 aromatic heterocycles. The van der Waals surface area contributed by atoms with Crippen LogP contribution in [0.1, 0.15) is 46.0 Å². The van der Waals surface area contributed by atoms with Crippen LogP contribution in [0.25, 0.3) is 0 Å². The van der Waals surface area contributed by atoms with Crippen molar-refractivity contribution in [3.63, 3.8) is 0 Å². The van der Waals surface area contributed by atoms with Crippen molar-refractivity contribution in [2.45, 2.75) is 58.0 Å². The van der Waals surface area contributed by atoms with Crippen molar-refractivity contribution in [1.29, 1.82) is 0 Å². The highest BCUT2D eigenvalue weighted by atomic mass is 15.2. The molecule has 0 amide bonds. The first-order chi connectivity index (χ1) is 8.63. The number of hydrogen-bond donors (Lipinski definition) is 1. The second kappa shape index (κ2) is 8.89. The summed E-state index contributed by atoms with van der Waals surface area (Å²) in [7, 11) is 4.32. The van der Waals surface area contributed by atoms with E-state index in [1.54, 1.807) is 0 Å². The smallest absolute Gasteiger partial charge is 0.00818 e. The van der Waals surface area contributed by atoms with Gasteiger partial charge in [0.15, 0.2) is 0 Å². The molecule has 1 fully saturated rings. The van der Waals surface area contributed by atoms with Gasteiger partial charge in [0.2, 0.25) is 0 Å². The Morgan fingerprint density at radius 1 is 1.22 bits per heavy atom. The van der Waals surface area contributed by atoms with Gasteiger partial charge in [-0.3, -0.25) is 0 Å². The van der Waals surface area contributed by atoms with Crippen LogP contribution in [-0.4, -0.2) is 62.2 Å². The molecule has 0 aromatic carbocycles. The molecule has 2 unspecified atom stereocenters. The SMILES string of the molecule is CCN(CCCN(C)C)C(C)CC1CCCCN1. The van der Waals surface area contributed by atoms with E-state index in [0.29, 0.717) is 6.04 Å². The Balaban J connectivity index is 2.24. The molecule has 2 atom stereocenters. The van der Waals surface area contributed by atoms with Gasteiger partial charge in [-0.25, -0.2) is 0 Å². The van der Waals surface area contributed by atoms with Gasteiger partial charge in [-0.2, -0.15) is 0 Å². The summed E-state index contributed by atoms with van der Waals surface area (Å²) in [5.74, 6) is 0. The molecule has 0 bridgehead atoms. The average Bonchev–Trinajstić information content (AvgIpc) is 2.35. The van der Waals surface area contributed by atoms with Gasteiger partial charge in [-0.1, -0.05) is 13.3 Å². The maximum atomic E-state index is 3.67. The fourth-order valence-electron chi connectivity index (χ4n) is 2.97. The van der Waals surface area contributed by atoms with Crippen molar-refractivity contribution in [3.8, 4) is 0 Å². The Labute approximate surface area is 114 Å². The minimum atomic E-state index is 0.716. The monoisotopic (exact) mass is 255 g/mol. The molecule has 0 aromatic rings. The number of rotatable bonds is 8. The van der Waals surface area contributed by atoms with Crippen molar-refractivity contribution in [3.05, 3.63) is 0 Å². The molecular formula is C15H33N3. The zero-order chi connectivity index (χ0) is 13.4. The summed E-state index contributed by atoms with van der Waals surface area (Å²) in [4.78, 5) is 4.92. The first kappa shape index (κ1) is 15.9.